The van der Waals surface area contributed by atoms with Crippen molar-refractivity contribution in [3.05, 3.63) is 53.1 Å². The fourth-order valence-corrected chi connectivity index (χ4v) is 2.19. The summed E-state index contributed by atoms with van der Waals surface area (Å²) in [4.78, 5) is 11.9. The van der Waals surface area contributed by atoms with Gasteiger partial charge in [0, 0.05) is 6.54 Å². The highest BCUT2D eigenvalue weighted by Crippen LogP contribution is 2.27. The van der Waals surface area contributed by atoms with E-state index >= 15 is 0 Å². The minimum Gasteiger partial charge on any atom is -0.493 e. The maximum atomic E-state index is 11.9. The first kappa shape index (κ1) is 17.7. The molecule has 2 aromatic carbocycles. The second kappa shape index (κ2) is 8.24. The monoisotopic (exact) mass is 329 g/mol. The summed E-state index contributed by atoms with van der Waals surface area (Å²) in [6, 6.07) is 11.3. The summed E-state index contributed by atoms with van der Waals surface area (Å²) in [6.45, 7) is 4.43. The van der Waals surface area contributed by atoms with Crippen LogP contribution in [-0.4, -0.2) is 26.7 Å². The molecule has 0 bridgehead atoms. The Morgan fingerprint density at radius 2 is 1.71 bits per heavy atom. The Bertz CT molecular complexity index is 713. The molecule has 0 aliphatic heterocycles. The first-order chi connectivity index (χ1) is 11.5. The van der Waals surface area contributed by atoms with Gasteiger partial charge < -0.3 is 19.5 Å². The van der Waals surface area contributed by atoms with E-state index in [1.165, 1.54) is 5.56 Å². The van der Waals surface area contributed by atoms with Crippen LogP contribution in [0.2, 0.25) is 0 Å². The quantitative estimate of drug-likeness (QED) is 0.848. The zero-order valence-electron chi connectivity index (χ0n) is 14.5. The van der Waals surface area contributed by atoms with Crippen LogP contribution in [0.5, 0.6) is 17.2 Å². The fraction of sp³-hybridized carbons (Fsp3) is 0.316. The lowest BCUT2D eigenvalue weighted by Crippen LogP contribution is -2.28. The first-order valence-corrected chi connectivity index (χ1v) is 7.71. The Balaban J connectivity index is 1.85. The number of rotatable bonds is 7. The number of nitrogens with one attached hydrogen (secondary N) is 1. The average molecular weight is 329 g/mol. The van der Waals surface area contributed by atoms with Gasteiger partial charge in [0.25, 0.3) is 5.91 Å². The predicted octanol–water partition coefficient (Wildman–Crippen LogP) is 3.02. The van der Waals surface area contributed by atoms with Crippen molar-refractivity contribution < 1.29 is 19.0 Å². The summed E-state index contributed by atoms with van der Waals surface area (Å²) < 4.78 is 16.0. The Morgan fingerprint density at radius 1 is 0.958 bits per heavy atom. The number of aryl methyl sites for hydroxylation is 2. The van der Waals surface area contributed by atoms with Crippen LogP contribution in [0.4, 0.5) is 0 Å². The van der Waals surface area contributed by atoms with E-state index in [-0.39, 0.29) is 12.5 Å². The van der Waals surface area contributed by atoms with Crippen LogP contribution in [0.15, 0.2) is 36.4 Å². The molecule has 2 rings (SSSR count). The summed E-state index contributed by atoms with van der Waals surface area (Å²) in [6.07, 6.45) is 0. The molecule has 0 fully saturated rings. The molecule has 0 spiro atoms. The van der Waals surface area contributed by atoms with E-state index in [2.05, 4.69) is 5.32 Å². The molecular formula is C19H23NO4. The van der Waals surface area contributed by atoms with Crippen molar-refractivity contribution in [2.75, 3.05) is 20.8 Å². The van der Waals surface area contributed by atoms with Crippen molar-refractivity contribution in [3.63, 3.8) is 0 Å². The maximum absolute atomic E-state index is 11.9. The van der Waals surface area contributed by atoms with Crippen LogP contribution >= 0.6 is 0 Å². The van der Waals surface area contributed by atoms with E-state index < -0.39 is 0 Å². The lowest BCUT2D eigenvalue weighted by molar-refractivity contribution is -0.123. The SMILES string of the molecule is COc1ccc(CNC(=O)COc2ccc(C)c(C)c2)cc1OC. The highest BCUT2D eigenvalue weighted by Gasteiger charge is 2.07. The van der Waals surface area contributed by atoms with Crippen LogP contribution in [0, 0.1) is 13.8 Å². The Kier molecular flexibility index (Phi) is 6.07. The van der Waals surface area contributed by atoms with Crippen LogP contribution in [-0.2, 0) is 11.3 Å². The van der Waals surface area contributed by atoms with E-state index in [4.69, 9.17) is 14.2 Å². The molecule has 24 heavy (non-hydrogen) atoms. The third-order valence-corrected chi connectivity index (χ3v) is 3.79. The number of hydrogen-bond donors (Lipinski definition) is 1. The first-order valence-electron chi connectivity index (χ1n) is 7.71. The molecule has 1 N–H and O–H groups in total. The largest absolute Gasteiger partial charge is 0.493 e. The van der Waals surface area contributed by atoms with E-state index in [1.54, 1.807) is 14.2 Å². The second-order valence-corrected chi connectivity index (χ2v) is 5.50. The van der Waals surface area contributed by atoms with E-state index in [0.29, 0.717) is 23.8 Å². The van der Waals surface area contributed by atoms with Crippen molar-refractivity contribution >= 4 is 5.91 Å². The molecule has 0 aliphatic carbocycles. The topological polar surface area (TPSA) is 56.8 Å². The maximum Gasteiger partial charge on any atom is 0.258 e. The molecule has 0 saturated carbocycles. The number of amides is 1. The van der Waals surface area contributed by atoms with Crippen molar-refractivity contribution in [1.29, 1.82) is 0 Å². The van der Waals surface area contributed by atoms with Gasteiger partial charge in [-0.1, -0.05) is 12.1 Å². The van der Waals surface area contributed by atoms with Gasteiger partial charge in [-0.15, -0.1) is 0 Å². The standard InChI is InChI=1S/C19H23NO4/c1-13-5-7-16(9-14(13)2)24-12-19(21)20-11-15-6-8-17(22-3)18(10-15)23-4/h5-10H,11-12H2,1-4H3,(H,20,21). The Morgan fingerprint density at radius 3 is 2.38 bits per heavy atom. The molecule has 0 saturated heterocycles. The second-order valence-electron chi connectivity index (χ2n) is 5.50. The van der Waals surface area contributed by atoms with E-state index in [0.717, 1.165) is 11.1 Å². The van der Waals surface area contributed by atoms with Crippen molar-refractivity contribution in [3.8, 4) is 17.2 Å². The highest BCUT2D eigenvalue weighted by molar-refractivity contribution is 5.77. The number of benzene rings is 2. The molecule has 5 heteroatoms. The van der Waals surface area contributed by atoms with Gasteiger partial charge >= 0.3 is 0 Å². The van der Waals surface area contributed by atoms with Gasteiger partial charge in [0.2, 0.25) is 0 Å². The van der Waals surface area contributed by atoms with Gasteiger partial charge in [0.15, 0.2) is 18.1 Å². The van der Waals surface area contributed by atoms with Gasteiger partial charge in [0.05, 0.1) is 14.2 Å². The number of hydrogen-bond acceptors (Lipinski definition) is 4. The van der Waals surface area contributed by atoms with E-state index in [9.17, 15) is 4.79 Å². The molecule has 0 atom stereocenters. The summed E-state index contributed by atoms with van der Waals surface area (Å²) in [5.41, 5.74) is 3.26. The lowest BCUT2D eigenvalue weighted by atomic mass is 10.1. The van der Waals surface area contributed by atoms with E-state index in [1.807, 2.05) is 50.2 Å². The molecule has 0 aromatic heterocycles. The number of methoxy groups -OCH3 is 2. The molecule has 5 nitrogen and oxygen atoms in total. The third-order valence-electron chi connectivity index (χ3n) is 3.79. The zero-order chi connectivity index (χ0) is 17.5. The highest BCUT2D eigenvalue weighted by atomic mass is 16.5. The Hall–Kier alpha value is -2.69. The summed E-state index contributed by atoms with van der Waals surface area (Å²) in [7, 11) is 3.17. The number of carbonyl (C=O) groups excluding carboxylic acids is 1. The van der Waals surface area contributed by atoms with Gasteiger partial charge in [-0.25, -0.2) is 0 Å². The van der Waals surface area contributed by atoms with Crippen LogP contribution in [0.3, 0.4) is 0 Å². The number of carbonyl (C=O) groups is 1. The van der Waals surface area contributed by atoms with Gasteiger partial charge in [0.1, 0.15) is 5.75 Å². The Labute approximate surface area is 142 Å². The minimum absolute atomic E-state index is 0.0181. The van der Waals surface area contributed by atoms with Crippen molar-refractivity contribution in [1.82, 2.24) is 5.32 Å². The number of ether oxygens (including phenoxy) is 3. The van der Waals surface area contributed by atoms with Gasteiger partial charge in [-0.2, -0.15) is 0 Å². The van der Waals surface area contributed by atoms with Crippen LogP contribution in [0.1, 0.15) is 16.7 Å². The lowest BCUT2D eigenvalue weighted by Gasteiger charge is -2.11. The summed E-state index contributed by atoms with van der Waals surface area (Å²) in [5, 5.41) is 2.82. The van der Waals surface area contributed by atoms with Crippen LogP contribution < -0.4 is 19.5 Å². The molecule has 1 amide bonds. The smallest absolute Gasteiger partial charge is 0.258 e. The summed E-state index contributed by atoms with van der Waals surface area (Å²) in [5.74, 6) is 1.81. The fourth-order valence-electron chi connectivity index (χ4n) is 2.19. The third kappa shape index (κ3) is 4.65. The summed E-state index contributed by atoms with van der Waals surface area (Å²) >= 11 is 0. The molecule has 0 unspecified atom stereocenters. The van der Waals surface area contributed by atoms with Crippen LogP contribution in [0.25, 0.3) is 0 Å². The predicted molar refractivity (Wildman–Crippen MR) is 92.8 cm³/mol. The van der Waals surface area contributed by atoms with Gasteiger partial charge in [-0.05, 0) is 54.8 Å². The molecule has 0 heterocycles. The molecule has 0 radical (unpaired) electrons. The minimum atomic E-state index is -0.178. The van der Waals surface area contributed by atoms with Crippen molar-refractivity contribution in [2.45, 2.75) is 20.4 Å². The normalized spacial score (nSPS) is 10.2. The average Bonchev–Trinajstić information content (AvgIpc) is 2.60. The van der Waals surface area contributed by atoms with Gasteiger partial charge in [-0.3, -0.25) is 4.79 Å². The molecule has 2 aromatic rings. The molecule has 0 aliphatic rings. The van der Waals surface area contributed by atoms with Crippen molar-refractivity contribution in [2.24, 2.45) is 0 Å². The molecule has 128 valence electrons. The molecular weight excluding hydrogens is 306 g/mol. The zero-order valence-corrected chi connectivity index (χ0v) is 14.5.